The van der Waals surface area contributed by atoms with Gasteiger partial charge in [-0.15, -0.1) is 0 Å². The molecule has 8 aromatic carbocycles. The van der Waals surface area contributed by atoms with Crippen molar-refractivity contribution < 1.29 is 145 Å². The number of alkyl carbamates (subject to hydrolysis) is 2. The number of aliphatic hydroxyl groups is 1. The summed E-state index contributed by atoms with van der Waals surface area (Å²) in [4.78, 5) is 64.0. The zero-order valence-electron chi connectivity index (χ0n) is 71.3. The standard InChI is InChI=1S/C34H33F7N2O5.C34H33F7N2O4.C26H27F7N2O2/c1-19(22-14-23(33(36,37)38)16-24(15-22)34(39,40)41)48-27-13-12-26(28(27)21-8-10-25(35)11-9-21)32(46)18-31(2,29(44)42-32)43-30(45)47-17-20-6-4-3-5-7-20;1-19(22-14-23(33(36,37)38)16-24(15-22)34(39,40)41)47-28-13-12-26(29(28)21-8-10-25(35)11-9-21)27-17-32(2,30(44)42-27)43-31(45)46-18-20-6-4-3-5-7-20;1-13(15-9-16(25(28,29)30)11-17(10-15)26(31,32)33)37-21-8-7-19(20-12-24(2,34)23(36)35-20)22(21)14-3-5-18(27)6-4-14/h3-11,14-16,19,26-28,46H,12-13,17-18H2,1-2H3,(H,42,44)(H,43,45);3-11,14-16,19,26-29H,12-13,17-18H2,1-2H3,(H,42,44)(H,43,45);3-6,9-11,13,19-22H,7-8,12,34H2,1-2H3,(H,35,36)/t19-,26-,27+,28+,31-,32?;19-,26+,27-,28+,29+,32-;13-,19+,20-,21+,22+,24-/m111/s1. The molecule has 6 fully saturated rings. The van der Waals surface area contributed by atoms with E-state index in [9.17, 15) is 121 Å². The van der Waals surface area contributed by atoms with Gasteiger partial charge in [0.2, 0.25) is 17.7 Å². The van der Waals surface area contributed by atoms with Gasteiger partial charge in [0.15, 0.2) is 0 Å². The van der Waals surface area contributed by atoms with E-state index in [2.05, 4.69) is 26.6 Å². The van der Waals surface area contributed by atoms with Gasteiger partial charge < -0.3 is 61.1 Å². The van der Waals surface area contributed by atoms with Crippen LogP contribution in [0.4, 0.5) is 102 Å². The molecule has 0 bridgehead atoms. The van der Waals surface area contributed by atoms with E-state index in [0.29, 0.717) is 90.8 Å². The quantitative estimate of drug-likeness (QED) is 0.0333. The van der Waals surface area contributed by atoms with Crippen molar-refractivity contribution in [2.45, 2.75) is 238 Å². The third-order valence-corrected chi connectivity index (χ3v) is 25.2. The number of rotatable bonds is 21. The lowest BCUT2D eigenvalue weighted by atomic mass is 9.78. The summed E-state index contributed by atoms with van der Waals surface area (Å²) >= 11 is 0. The molecule has 38 heteroatoms. The van der Waals surface area contributed by atoms with Gasteiger partial charge in [-0.3, -0.25) is 14.4 Å². The molecule has 3 heterocycles. The minimum Gasteiger partial charge on any atom is -0.445 e. The number of alkyl halides is 18. The van der Waals surface area contributed by atoms with Crippen LogP contribution in [0.1, 0.15) is 213 Å². The van der Waals surface area contributed by atoms with Gasteiger partial charge in [-0.05, 0) is 240 Å². The van der Waals surface area contributed by atoms with Crippen LogP contribution in [0, 0.1) is 35.2 Å². The first-order valence-corrected chi connectivity index (χ1v) is 42.0. The molecule has 3 saturated carbocycles. The maximum Gasteiger partial charge on any atom is 0.416 e. The lowest BCUT2D eigenvalue weighted by molar-refractivity contribution is -0.145. The van der Waals surface area contributed by atoms with E-state index in [1.165, 1.54) is 76.2 Å². The van der Waals surface area contributed by atoms with Gasteiger partial charge in [0.25, 0.3) is 0 Å². The number of nitrogens with two attached hydrogens (primary N) is 1. The summed E-state index contributed by atoms with van der Waals surface area (Å²) in [5.74, 6) is -6.01. The Bertz CT molecular complexity index is 5300. The summed E-state index contributed by atoms with van der Waals surface area (Å²) in [6.07, 6.45) is -35.1. The highest BCUT2D eigenvalue weighted by molar-refractivity contribution is 5.93. The lowest BCUT2D eigenvalue weighted by Gasteiger charge is -2.37. The maximum atomic E-state index is 13.9. The number of hydrogen-bond donors (Lipinski definition) is 7. The van der Waals surface area contributed by atoms with Crippen molar-refractivity contribution in [2.24, 2.45) is 23.5 Å². The second-order valence-corrected chi connectivity index (χ2v) is 34.9. The van der Waals surface area contributed by atoms with Gasteiger partial charge in [0, 0.05) is 42.2 Å². The molecular weight excluding hydrogens is 1790 g/mol. The van der Waals surface area contributed by atoms with Crippen molar-refractivity contribution in [1.82, 2.24) is 26.6 Å². The van der Waals surface area contributed by atoms with E-state index < -0.39 is 201 Å². The SMILES string of the molecule is C[C@@H](O[C@H]1CC[C@@H](C2(O)C[C@@](C)(NC(=O)OCc3ccccc3)C(=O)N2)[C@@H]1c1ccc(F)cc1)c1cc(C(F)(F)F)cc(C(F)(F)F)c1.C[C@@H](O[C@H]1CC[C@@H]([C@H]2C[C@@](C)(N)C(=O)N2)[C@@H]1c1ccc(F)cc1)c1cc(C(F)(F)F)cc(C(F)(F)F)c1.C[C@@H](O[C@H]1CC[C@@H]([C@H]2C[C@@](C)(NC(=O)OCc3ccccc3)C(=O)N2)[C@@H]1c1ccc(F)cc1)c1cc(C(F)(F)F)cc(C(F)(F)F)c1. The van der Waals surface area contributed by atoms with Crippen molar-refractivity contribution >= 4 is 29.9 Å². The van der Waals surface area contributed by atoms with E-state index in [-0.39, 0.29) is 97.6 Å². The summed E-state index contributed by atoms with van der Waals surface area (Å²) in [7, 11) is 0. The molecule has 5 amide bonds. The number of amides is 5. The number of ether oxygens (including phenoxy) is 5. The van der Waals surface area contributed by atoms with Crippen LogP contribution in [0.2, 0.25) is 0 Å². The number of carbonyl (C=O) groups excluding carboxylic acids is 5. The molecule has 14 rings (SSSR count). The Morgan fingerprint density at radius 3 is 1.04 bits per heavy atom. The summed E-state index contributed by atoms with van der Waals surface area (Å²) in [6, 6.07) is 37.4. The van der Waals surface area contributed by atoms with Crippen LogP contribution in [-0.2, 0) is 88.3 Å². The smallest absolute Gasteiger partial charge is 0.416 e. The van der Waals surface area contributed by atoms with E-state index >= 15 is 0 Å². The van der Waals surface area contributed by atoms with Crippen LogP contribution in [0.5, 0.6) is 0 Å². The highest BCUT2D eigenvalue weighted by atomic mass is 19.4. The number of nitrogens with one attached hydrogen (secondary N) is 5. The van der Waals surface area contributed by atoms with Crippen molar-refractivity contribution in [3.05, 3.63) is 283 Å². The highest BCUT2D eigenvalue weighted by Gasteiger charge is 2.61. The second kappa shape index (κ2) is 38.9. The van der Waals surface area contributed by atoms with E-state index in [0.717, 1.165) is 5.56 Å². The van der Waals surface area contributed by atoms with E-state index in [4.69, 9.17) is 29.4 Å². The summed E-state index contributed by atoms with van der Waals surface area (Å²) in [5, 5.41) is 25.5. The molecule has 8 aromatic rings. The van der Waals surface area contributed by atoms with Gasteiger partial charge in [-0.2, -0.15) is 79.0 Å². The van der Waals surface area contributed by atoms with E-state index in [1.807, 2.05) is 6.07 Å². The number of halogens is 21. The third-order valence-electron chi connectivity index (χ3n) is 25.2. The van der Waals surface area contributed by atoms with Gasteiger partial charge >= 0.3 is 49.2 Å². The molecule has 3 aliphatic heterocycles. The Morgan fingerprint density at radius 1 is 0.409 bits per heavy atom. The molecule has 6 aliphatic rings. The summed E-state index contributed by atoms with van der Waals surface area (Å²) < 4.78 is 313. The molecule has 132 heavy (non-hydrogen) atoms. The zero-order chi connectivity index (χ0) is 96.6. The van der Waals surface area contributed by atoms with Crippen LogP contribution in [-0.4, -0.2) is 87.8 Å². The highest BCUT2D eigenvalue weighted by Crippen LogP contribution is 2.54. The normalized spacial score (nSPS) is 26.9. The van der Waals surface area contributed by atoms with Gasteiger partial charge in [-0.25, -0.2) is 22.8 Å². The third kappa shape index (κ3) is 24.0. The molecule has 0 spiro atoms. The number of hydrogen-bond acceptors (Lipinski definition) is 12. The number of benzene rings is 8. The molecule has 18 atom stereocenters. The van der Waals surface area contributed by atoms with Crippen LogP contribution < -0.4 is 32.3 Å². The van der Waals surface area contributed by atoms with E-state index in [1.54, 1.807) is 92.7 Å². The molecule has 712 valence electrons. The van der Waals surface area contributed by atoms with Crippen molar-refractivity contribution in [3.8, 4) is 0 Å². The first kappa shape index (κ1) is 100. The monoisotopic (exact) mass is 1880 g/mol. The fourth-order valence-corrected chi connectivity index (χ4v) is 18.7. The molecular formula is C94H93F21N6O11. The maximum absolute atomic E-state index is 13.9. The average Bonchev–Trinajstić information content (AvgIpc) is 1.58. The van der Waals surface area contributed by atoms with Gasteiger partial charge in [0.1, 0.15) is 47.5 Å². The minimum absolute atomic E-state index is 0.00336. The van der Waals surface area contributed by atoms with Crippen molar-refractivity contribution in [3.63, 3.8) is 0 Å². The lowest BCUT2D eigenvalue weighted by Crippen LogP contribution is -2.51. The summed E-state index contributed by atoms with van der Waals surface area (Å²) in [5.41, 5.74) is -6.23. The average molecular weight is 1880 g/mol. The molecule has 8 N–H and O–H groups in total. The molecule has 3 aliphatic carbocycles. The Balaban J connectivity index is 0.000000180. The number of carbonyl (C=O) groups is 5. The second-order valence-electron chi connectivity index (χ2n) is 34.9. The summed E-state index contributed by atoms with van der Waals surface area (Å²) in [6.45, 7) is 8.62. The largest absolute Gasteiger partial charge is 0.445 e. The Morgan fingerprint density at radius 2 is 0.712 bits per heavy atom. The predicted molar refractivity (Wildman–Crippen MR) is 435 cm³/mol. The van der Waals surface area contributed by atoms with Crippen LogP contribution in [0.15, 0.2) is 188 Å². The van der Waals surface area contributed by atoms with Crippen molar-refractivity contribution in [1.29, 1.82) is 0 Å². The topological polar surface area (TPSA) is 238 Å². The Labute approximate surface area is 743 Å². The fraction of sp³-hybridized carbons (Fsp3) is 0.436. The minimum atomic E-state index is -5.05. The van der Waals surface area contributed by atoms with Gasteiger partial charge in [-0.1, -0.05) is 97.1 Å². The van der Waals surface area contributed by atoms with Crippen LogP contribution in [0.25, 0.3) is 0 Å². The first-order chi connectivity index (χ1) is 61.5. The molecule has 0 aromatic heterocycles. The fourth-order valence-electron chi connectivity index (χ4n) is 18.7. The Kier molecular flexibility index (Phi) is 29.5. The first-order valence-electron chi connectivity index (χ1n) is 42.0. The molecule has 1 unspecified atom stereocenters. The molecule has 3 saturated heterocycles. The van der Waals surface area contributed by atoms with Gasteiger partial charge in [0.05, 0.1) is 75.5 Å². The molecule has 0 radical (unpaired) electrons. The van der Waals surface area contributed by atoms with Crippen LogP contribution >= 0.6 is 0 Å². The van der Waals surface area contributed by atoms with Crippen LogP contribution in [0.3, 0.4) is 0 Å². The zero-order valence-corrected chi connectivity index (χ0v) is 71.3. The van der Waals surface area contributed by atoms with Crippen molar-refractivity contribution in [2.75, 3.05) is 0 Å². The molecule has 17 nitrogen and oxygen atoms in total. The Hall–Kier alpha value is -11.0. The predicted octanol–water partition coefficient (Wildman–Crippen LogP) is 21.6.